The molecule has 1 aliphatic rings. The van der Waals surface area contributed by atoms with E-state index in [1.165, 1.54) is 0 Å². The summed E-state index contributed by atoms with van der Waals surface area (Å²) in [6.07, 6.45) is 2.33. The van der Waals surface area contributed by atoms with E-state index in [2.05, 4.69) is 18.7 Å². The van der Waals surface area contributed by atoms with Crippen LogP contribution in [0.15, 0.2) is 24.3 Å². The summed E-state index contributed by atoms with van der Waals surface area (Å²) in [5.74, 6) is 0.241. The standard InChI is InChI=1S/C19H29ClN2O2/c1-15-13-21(14-16(2)22(15)10-5-11-24-3)19(23)9-8-17-6-4-7-18(20)12-17/h4,6-7,12,15-16H,5,8-11,13-14H2,1-3H3. The Hall–Kier alpha value is -1.10. The van der Waals surface area contributed by atoms with E-state index in [0.717, 1.165) is 49.7 Å². The van der Waals surface area contributed by atoms with Crippen LogP contribution in [-0.4, -0.2) is 61.1 Å². The number of benzene rings is 1. The first-order valence-corrected chi connectivity index (χ1v) is 9.16. The second kappa shape index (κ2) is 9.40. The SMILES string of the molecule is COCCCN1C(C)CN(C(=O)CCc2cccc(Cl)c2)CC1C. The van der Waals surface area contributed by atoms with Crippen LogP contribution in [0.1, 0.15) is 32.3 Å². The summed E-state index contributed by atoms with van der Waals surface area (Å²) in [6.45, 7) is 7.86. The van der Waals surface area contributed by atoms with Crippen LogP contribution in [-0.2, 0) is 16.0 Å². The molecule has 1 fully saturated rings. The molecule has 1 aromatic carbocycles. The van der Waals surface area contributed by atoms with Gasteiger partial charge in [0.15, 0.2) is 0 Å². The van der Waals surface area contributed by atoms with Crippen LogP contribution < -0.4 is 0 Å². The molecule has 2 unspecified atom stereocenters. The van der Waals surface area contributed by atoms with Crippen molar-refractivity contribution in [1.82, 2.24) is 9.80 Å². The lowest BCUT2D eigenvalue weighted by atomic mass is 10.1. The summed E-state index contributed by atoms with van der Waals surface area (Å²) in [4.78, 5) is 17.1. The third kappa shape index (κ3) is 5.47. The number of piperazine rings is 1. The number of carbonyl (C=O) groups is 1. The van der Waals surface area contributed by atoms with Gasteiger partial charge in [-0.1, -0.05) is 23.7 Å². The Labute approximate surface area is 150 Å². The molecule has 0 spiro atoms. The van der Waals surface area contributed by atoms with Crippen LogP contribution >= 0.6 is 11.6 Å². The molecule has 1 amide bonds. The third-order valence-corrected chi connectivity index (χ3v) is 4.97. The largest absolute Gasteiger partial charge is 0.385 e. The third-order valence-electron chi connectivity index (χ3n) is 4.74. The molecule has 0 bridgehead atoms. The predicted molar refractivity (Wildman–Crippen MR) is 98.5 cm³/mol. The Bertz CT molecular complexity index is 526. The molecule has 0 saturated carbocycles. The minimum absolute atomic E-state index is 0.241. The van der Waals surface area contributed by atoms with Crippen LogP contribution in [0.3, 0.4) is 0 Å². The molecular weight excluding hydrogens is 324 g/mol. The van der Waals surface area contributed by atoms with E-state index < -0.39 is 0 Å². The van der Waals surface area contributed by atoms with Crippen molar-refractivity contribution >= 4 is 17.5 Å². The van der Waals surface area contributed by atoms with Crippen molar-refractivity contribution in [2.24, 2.45) is 0 Å². The first kappa shape index (κ1) is 19.2. The van der Waals surface area contributed by atoms with E-state index in [0.29, 0.717) is 18.5 Å². The lowest BCUT2D eigenvalue weighted by Crippen LogP contribution is -2.58. The molecule has 5 heteroatoms. The van der Waals surface area contributed by atoms with Crippen molar-refractivity contribution in [2.45, 2.75) is 45.2 Å². The average Bonchev–Trinajstić information content (AvgIpc) is 2.55. The number of hydrogen-bond acceptors (Lipinski definition) is 3. The number of rotatable bonds is 7. The Morgan fingerprint density at radius 1 is 1.29 bits per heavy atom. The summed E-state index contributed by atoms with van der Waals surface area (Å²) in [5.41, 5.74) is 1.12. The number of aryl methyl sites for hydroxylation is 1. The van der Waals surface area contributed by atoms with E-state index in [-0.39, 0.29) is 5.91 Å². The zero-order valence-corrected chi connectivity index (χ0v) is 15.8. The molecule has 1 heterocycles. The molecule has 0 aliphatic carbocycles. The number of hydrogen-bond donors (Lipinski definition) is 0. The van der Waals surface area contributed by atoms with E-state index >= 15 is 0 Å². The van der Waals surface area contributed by atoms with E-state index in [1.807, 2.05) is 29.2 Å². The molecule has 1 aromatic rings. The monoisotopic (exact) mass is 352 g/mol. The topological polar surface area (TPSA) is 32.8 Å². The van der Waals surface area contributed by atoms with Gasteiger partial charge in [0, 0.05) is 56.9 Å². The fourth-order valence-corrected chi connectivity index (χ4v) is 3.71. The Balaban J connectivity index is 1.83. The fourth-order valence-electron chi connectivity index (χ4n) is 3.49. The summed E-state index contributed by atoms with van der Waals surface area (Å²) in [7, 11) is 1.74. The lowest BCUT2D eigenvalue weighted by Gasteiger charge is -2.44. The molecule has 0 N–H and O–H groups in total. The van der Waals surface area contributed by atoms with Crippen molar-refractivity contribution in [3.8, 4) is 0 Å². The molecule has 4 nitrogen and oxygen atoms in total. The van der Waals surface area contributed by atoms with Crippen molar-refractivity contribution in [3.05, 3.63) is 34.9 Å². The number of methoxy groups -OCH3 is 1. The number of carbonyl (C=O) groups excluding carboxylic acids is 1. The molecule has 2 atom stereocenters. The van der Waals surface area contributed by atoms with Gasteiger partial charge in [-0.25, -0.2) is 0 Å². The van der Waals surface area contributed by atoms with Gasteiger partial charge in [-0.15, -0.1) is 0 Å². The van der Waals surface area contributed by atoms with Gasteiger partial charge in [-0.3, -0.25) is 9.69 Å². The second-order valence-electron chi connectivity index (χ2n) is 6.71. The van der Waals surface area contributed by atoms with Crippen molar-refractivity contribution in [1.29, 1.82) is 0 Å². The highest BCUT2D eigenvalue weighted by Gasteiger charge is 2.30. The number of amides is 1. The number of ether oxygens (including phenoxy) is 1. The highest BCUT2D eigenvalue weighted by Crippen LogP contribution is 2.18. The highest BCUT2D eigenvalue weighted by molar-refractivity contribution is 6.30. The fraction of sp³-hybridized carbons (Fsp3) is 0.632. The van der Waals surface area contributed by atoms with E-state index in [4.69, 9.17) is 16.3 Å². The minimum atomic E-state index is 0.241. The predicted octanol–water partition coefficient (Wildman–Crippen LogP) is 3.23. The molecule has 0 radical (unpaired) electrons. The van der Waals surface area contributed by atoms with Crippen molar-refractivity contribution < 1.29 is 9.53 Å². The molecule has 1 aliphatic heterocycles. The van der Waals surface area contributed by atoms with Gasteiger partial charge in [-0.05, 0) is 44.4 Å². The minimum Gasteiger partial charge on any atom is -0.385 e. The molecule has 1 saturated heterocycles. The summed E-state index contributed by atoms with van der Waals surface area (Å²) < 4.78 is 5.14. The zero-order valence-electron chi connectivity index (χ0n) is 15.0. The van der Waals surface area contributed by atoms with Gasteiger partial charge in [-0.2, -0.15) is 0 Å². The van der Waals surface area contributed by atoms with Crippen molar-refractivity contribution in [2.75, 3.05) is 33.4 Å². The van der Waals surface area contributed by atoms with Gasteiger partial charge in [0.25, 0.3) is 0 Å². The maximum absolute atomic E-state index is 12.6. The zero-order chi connectivity index (χ0) is 17.5. The normalized spacial score (nSPS) is 21.9. The van der Waals surface area contributed by atoms with Crippen LogP contribution in [0.25, 0.3) is 0 Å². The molecule has 0 aromatic heterocycles. The highest BCUT2D eigenvalue weighted by atomic mass is 35.5. The van der Waals surface area contributed by atoms with Gasteiger partial charge in [0.05, 0.1) is 0 Å². The van der Waals surface area contributed by atoms with Gasteiger partial charge >= 0.3 is 0 Å². The second-order valence-corrected chi connectivity index (χ2v) is 7.15. The Morgan fingerprint density at radius 3 is 2.62 bits per heavy atom. The Kier molecular flexibility index (Phi) is 7.53. The van der Waals surface area contributed by atoms with Gasteiger partial charge < -0.3 is 9.64 Å². The average molecular weight is 353 g/mol. The van der Waals surface area contributed by atoms with Gasteiger partial charge in [0.2, 0.25) is 5.91 Å². The summed E-state index contributed by atoms with van der Waals surface area (Å²) >= 11 is 6.01. The number of halogens is 1. The Morgan fingerprint density at radius 2 is 2.00 bits per heavy atom. The first-order valence-electron chi connectivity index (χ1n) is 8.78. The number of nitrogens with zero attached hydrogens (tertiary/aromatic N) is 2. The molecular formula is C19H29ClN2O2. The van der Waals surface area contributed by atoms with Gasteiger partial charge in [0.1, 0.15) is 0 Å². The molecule has 134 valence electrons. The quantitative estimate of drug-likeness (QED) is 0.706. The van der Waals surface area contributed by atoms with E-state index in [1.54, 1.807) is 7.11 Å². The summed E-state index contributed by atoms with van der Waals surface area (Å²) in [6, 6.07) is 8.54. The molecule has 2 rings (SSSR count). The van der Waals surface area contributed by atoms with Crippen LogP contribution in [0.4, 0.5) is 0 Å². The first-order chi connectivity index (χ1) is 11.5. The maximum Gasteiger partial charge on any atom is 0.223 e. The van der Waals surface area contributed by atoms with Crippen LogP contribution in [0.2, 0.25) is 5.02 Å². The maximum atomic E-state index is 12.6. The molecule has 24 heavy (non-hydrogen) atoms. The van der Waals surface area contributed by atoms with Crippen LogP contribution in [0.5, 0.6) is 0 Å². The summed E-state index contributed by atoms with van der Waals surface area (Å²) in [5, 5.41) is 0.729. The lowest BCUT2D eigenvalue weighted by molar-refractivity contribution is -0.135. The van der Waals surface area contributed by atoms with E-state index in [9.17, 15) is 4.79 Å². The van der Waals surface area contributed by atoms with Crippen molar-refractivity contribution in [3.63, 3.8) is 0 Å². The van der Waals surface area contributed by atoms with Crippen LogP contribution in [0, 0.1) is 0 Å². The smallest absolute Gasteiger partial charge is 0.223 e.